The number of hydrogen-bond donors (Lipinski definition) is 0. The van der Waals surface area contributed by atoms with Crippen LogP contribution >= 0.6 is 15.9 Å². The molecule has 0 radical (unpaired) electrons. The monoisotopic (exact) mass is 286 g/mol. The van der Waals surface area contributed by atoms with Crippen molar-refractivity contribution in [1.29, 1.82) is 0 Å². The van der Waals surface area contributed by atoms with Crippen LogP contribution in [0.5, 0.6) is 0 Å². The zero-order valence-electron chi connectivity index (χ0n) is 9.39. The molecule has 0 saturated carbocycles. The lowest BCUT2D eigenvalue weighted by Crippen LogP contribution is -1.86. The first-order valence-electron chi connectivity index (χ1n) is 5.46. The number of pyridine rings is 1. The largest absolute Gasteiger partial charge is 0.303 e. The van der Waals surface area contributed by atoms with E-state index < -0.39 is 0 Å². The van der Waals surface area contributed by atoms with E-state index >= 15 is 0 Å². The minimum atomic E-state index is 0.962. The first-order chi connectivity index (χ1) is 8.27. The predicted octanol–water partition coefficient (Wildman–Crippen LogP) is 4.07. The minimum Gasteiger partial charge on any atom is -0.303 e. The molecule has 0 amide bonds. The summed E-state index contributed by atoms with van der Waals surface area (Å²) in [5.74, 6) is 0. The average molecular weight is 287 g/mol. The number of fused-ring (bicyclic) bond motifs is 1. The molecule has 3 aromatic rings. The van der Waals surface area contributed by atoms with Crippen molar-refractivity contribution in [2.75, 3.05) is 0 Å². The van der Waals surface area contributed by atoms with Crippen LogP contribution in [0.3, 0.4) is 0 Å². The van der Waals surface area contributed by atoms with Crippen molar-refractivity contribution in [2.45, 2.75) is 6.92 Å². The Morgan fingerprint density at radius 2 is 1.82 bits per heavy atom. The van der Waals surface area contributed by atoms with Gasteiger partial charge in [0.15, 0.2) is 5.65 Å². The summed E-state index contributed by atoms with van der Waals surface area (Å²) in [6.07, 6.45) is 2.04. The van der Waals surface area contributed by atoms with Crippen molar-refractivity contribution >= 4 is 21.6 Å². The molecular formula is C14H11BrN2. The standard InChI is InChI=1S/C14H11BrN2/c1-10-13(11-6-3-2-4-7-11)16-14-12(15)8-5-9-17(10)14/h2-9H,1H3. The summed E-state index contributed by atoms with van der Waals surface area (Å²) in [6.45, 7) is 2.09. The highest BCUT2D eigenvalue weighted by atomic mass is 79.9. The van der Waals surface area contributed by atoms with E-state index in [4.69, 9.17) is 4.98 Å². The molecule has 2 heterocycles. The second kappa shape index (κ2) is 4.00. The van der Waals surface area contributed by atoms with Crippen LogP contribution in [-0.2, 0) is 0 Å². The lowest BCUT2D eigenvalue weighted by molar-refractivity contribution is 1.11. The lowest BCUT2D eigenvalue weighted by atomic mass is 10.1. The van der Waals surface area contributed by atoms with Gasteiger partial charge in [-0.25, -0.2) is 4.98 Å². The topological polar surface area (TPSA) is 17.3 Å². The normalized spacial score (nSPS) is 10.9. The number of halogens is 1. The van der Waals surface area contributed by atoms with Gasteiger partial charge in [-0.3, -0.25) is 0 Å². The molecular weight excluding hydrogens is 276 g/mol. The van der Waals surface area contributed by atoms with Crippen molar-refractivity contribution < 1.29 is 0 Å². The number of nitrogens with zero attached hydrogens (tertiary/aromatic N) is 2. The van der Waals surface area contributed by atoms with Gasteiger partial charge in [0.1, 0.15) is 0 Å². The van der Waals surface area contributed by atoms with E-state index in [-0.39, 0.29) is 0 Å². The number of aromatic nitrogens is 2. The fourth-order valence-electron chi connectivity index (χ4n) is 2.02. The number of aryl methyl sites for hydroxylation is 1. The summed E-state index contributed by atoms with van der Waals surface area (Å²) in [4.78, 5) is 4.70. The van der Waals surface area contributed by atoms with Crippen molar-refractivity contribution in [1.82, 2.24) is 9.38 Å². The van der Waals surface area contributed by atoms with Crippen LogP contribution in [0.4, 0.5) is 0 Å². The molecule has 0 saturated heterocycles. The van der Waals surface area contributed by atoms with Gasteiger partial charge >= 0.3 is 0 Å². The third kappa shape index (κ3) is 1.67. The van der Waals surface area contributed by atoms with Gasteiger partial charge in [0.05, 0.1) is 10.2 Å². The Kier molecular flexibility index (Phi) is 2.48. The molecule has 17 heavy (non-hydrogen) atoms. The Morgan fingerprint density at radius 3 is 2.53 bits per heavy atom. The summed E-state index contributed by atoms with van der Waals surface area (Å²) in [6, 6.07) is 14.3. The zero-order valence-corrected chi connectivity index (χ0v) is 11.0. The molecule has 84 valence electrons. The molecule has 0 aliphatic rings. The summed E-state index contributed by atoms with van der Waals surface area (Å²) < 4.78 is 3.12. The van der Waals surface area contributed by atoms with E-state index in [1.807, 2.05) is 36.5 Å². The maximum atomic E-state index is 4.70. The van der Waals surface area contributed by atoms with Gasteiger partial charge in [-0.2, -0.15) is 0 Å². The second-order valence-electron chi connectivity index (χ2n) is 3.96. The average Bonchev–Trinajstić information content (AvgIpc) is 2.70. The molecule has 0 bridgehead atoms. The maximum Gasteiger partial charge on any atom is 0.152 e. The molecule has 0 unspecified atom stereocenters. The summed E-state index contributed by atoms with van der Waals surface area (Å²) in [7, 11) is 0. The highest BCUT2D eigenvalue weighted by molar-refractivity contribution is 9.10. The van der Waals surface area contributed by atoms with E-state index in [0.717, 1.165) is 27.1 Å². The van der Waals surface area contributed by atoms with Crippen molar-refractivity contribution in [3.63, 3.8) is 0 Å². The predicted molar refractivity (Wildman–Crippen MR) is 73.1 cm³/mol. The number of hydrogen-bond acceptors (Lipinski definition) is 1. The van der Waals surface area contributed by atoms with Crippen LogP contribution in [0.2, 0.25) is 0 Å². The Morgan fingerprint density at radius 1 is 1.06 bits per heavy atom. The van der Waals surface area contributed by atoms with Crippen LogP contribution in [0.15, 0.2) is 53.1 Å². The quantitative estimate of drug-likeness (QED) is 0.659. The molecule has 0 spiro atoms. The van der Waals surface area contributed by atoms with Gasteiger partial charge < -0.3 is 4.40 Å². The van der Waals surface area contributed by atoms with E-state index in [1.165, 1.54) is 0 Å². The summed E-state index contributed by atoms with van der Waals surface area (Å²) in [5, 5.41) is 0. The Labute approximate surface area is 108 Å². The Hall–Kier alpha value is -1.61. The Balaban J connectivity index is 2.32. The smallest absolute Gasteiger partial charge is 0.152 e. The number of imidazole rings is 1. The number of benzene rings is 1. The fraction of sp³-hybridized carbons (Fsp3) is 0.0714. The maximum absolute atomic E-state index is 4.70. The van der Waals surface area contributed by atoms with Gasteiger partial charge in [0.2, 0.25) is 0 Å². The molecule has 0 fully saturated rings. The van der Waals surface area contributed by atoms with Crippen molar-refractivity contribution in [3.05, 3.63) is 58.8 Å². The molecule has 3 heteroatoms. The van der Waals surface area contributed by atoms with Crippen LogP contribution in [-0.4, -0.2) is 9.38 Å². The first kappa shape index (κ1) is 10.5. The van der Waals surface area contributed by atoms with E-state index in [1.54, 1.807) is 0 Å². The second-order valence-corrected chi connectivity index (χ2v) is 4.82. The molecule has 3 rings (SSSR count). The van der Waals surface area contributed by atoms with Crippen LogP contribution < -0.4 is 0 Å². The van der Waals surface area contributed by atoms with Crippen LogP contribution in [0, 0.1) is 6.92 Å². The molecule has 1 aromatic carbocycles. The molecule has 0 N–H and O–H groups in total. The van der Waals surface area contributed by atoms with Gasteiger partial charge in [0, 0.05) is 17.5 Å². The van der Waals surface area contributed by atoms with Gasteiger partial charge in [-0.1, -0.05) is 30.3 Å². The third-order valence-corrected chi connectivity index (χ3v) is 3.51. The fourth-order valence-corrected chi connectivity index (χ4v) is 2.45. The molecule has 0 atom stereocenters. The minimum absolute atomic E-state index is 0.962. The molecule has 0 aliphatic heterocycles. The van der Waals surface area contributed by atoms with Gasteiger partial charge in [0.25, 0.3) is 0 Å². The van der Waals surface area contributed by atoms with Crippen molar-refractivity contribution in [3.8, 4) is 11.3 Å². The van der Waals surface area contributed by atoms with Crippen molar-refractivity contribution in [2.24, 2.45) is 0 Å². The van der Waals surface area contributed by atoms with Crippen LogP contribution in [0.1, 0.15) is 5.69 Å². The van der Waals surface area contributed by atoms with E-state index in [0.29, 0.717) is 0 Å². The SMILES string of the molecule is Cc1c(-c2ccccc2)nc2c(Br)cccn12. The molecule has 2 nitrogen and oxygen atoms in total. The highest BCUT2D eigenvalue weighted by Gasteiger charge is 2.11. The molecule has 0 aliphatic carbocycles. The zero-order chi connectivity index (χ0) is 11.8. The van der Waals surface area contributed by atoms with E-state index in [9.17, 15) is 0 Å². The first-order valence-corrected chi connectivity index (χ1v) is 6.25. The van der Waals surface area contributed by atoms with Crippen LogP contribution in [0.25, 0.3) is 16.9 Å². The highest BCUT2D eigenvalue weighted by Crippen LogP contribution is 2.26. The van der Waals surface area contributed by atoms with Gasteiger partial charge in [-0.05, 0) is 35.0 Å². The number of rotatable bonds is 1. The third-order valence-electron chi connectivity index (χ3n) is 2.89. The van der Waals surface area contributed by atoms with Gasteiger partial charge in [-0.15, -0.1) is 0 Å². The lowest BCUT2D eigenvalue weighted by Gasteiger charge is -1.98. The summed E-state index contributed by atoms with van der Waals surface area (Å²) in [5.41, 5.74) is 4.31. The summed E-state index contributed by atoms with van der Waals surface area (Å²) >= 11 is 3.53. The Bertz CT molecular complexity index is 671. The van der Waals surface area contributed by atoms with E-state index in [2.05, 4.69) is 39.4 Å². The molecule has 2 aromatic heterocycles.